The molecule has 0 aromatic rings. The van der Waals surface area contributed by atoms with Gasteiger partial charge in [-0.05, 0) is 24.1 Å². The average Bonchev–Trinajstić information content (AvgIpc) is 2.05. The second-order valence-electron chi connectivity index (χ2n) is 2.00. The number of aldehydes is 1. The predicted molar refractivity (Wildman–Crippen MR) is 37.1 cm³/mol. The van der Waals surface area contributed by atoms with Gasteiger partial charge in [0.25, 0.3) is 0 Å². The summed E-state index contributed by atoms with van der Waals surface area (Å²) in [5.74, 6) is 1.71. The van der Waals surface area contributed by atoms with Gasteiger partial charge < -0.3 is 0 Å². The Labute approximate surface area is 58.5 Å². The third-order valence-corrected chi connectivity index (χ3v) is 1.26. The molecule has 1 rings (SSSR count). The number of hydrogen-bond acceptors (Lipinski definition) is 2. The fraction of sp³-hybridized carbons (Fsp3) is 0.125. The standard InChI is InChI=1S/C8H6O2/c9-5-7-2-1-3-8(4-7)6-10/h1-2,4,6H,3H2. The van der Waals surface area contributed by atoms with Crippen LogP contribution in [0.3, 0.4) is 0 Å². The fourth-order valence-corrected chi connectivity index (χ4v) is 0.774. The third-order valence-electron chi connectivity index (χ3n) is 1.26. The van der Waals surface area contributed by atoms with E-state index in [1.165, 1.54) is 0 Å². The van der Waals surface area contributed by atoms with Crippen molar-refractivity contribution in [3.8, 4) is 0 Å². The summed E-state index contributed by atoms with van der Waals surface area (Å²) in [5.41, 5.74) is 1.06. The molecule has 50 valence electrons. The molecule has 0 N–H and O–H groups in total. The van der Waals surface area contributed by atoms with Gasteiger partial charge in [0.1, 0.15) is 12.2 Å². The van der Waals surface area contributed by atoms with Crippen LogP contribution in [0.2, 0.25) is 0 Å². The summed E-state index contributed by atoms with van der Waals surface area (Å²) >= 11 is 0. The third kappa shape index (κ3) is 1.30. The average molecular weight is 134 g/mol. The minimum atomic E-state index is 0.438. The highest BCUT2D eigenvalue weighted by Gasteiger charge is 1.99. The molecule has 0 spiro atoms. The van der Waals surface area contributed by atoms with Gasteiger partial charge >= 0.3 is 0 Å². The van der Waals surface area contributed by atoms with Crippen LogP contribution in [0.15, 0.2) is 29.4 Å². The molecule has 0 bridgehead atoms. The van der Waals surface area contributed by atoms with Crippen LogP contribution in [0, 0.1) is 0 Å². The molecular weight excluding hydrogens is 128 g/mol. The van der Waals surface area contributed by atoms with Gasteiger partial charge in [0.05, 0.1) is 5.57 Å². The van der Waals surface area contributed by atoms with E-state index in [0.717, 1.165) is 6.29 Å². The lowest BCUT2D eigenvalue weighted by molar-refractivity contribution is -0.105. The van der Waals surface area contributed by atoms with Gasteiger partial charge in [0, 0.05) is 0 Å². The number of hydrogen-bond donors (Lipinski definition) is 0. The van der Waals surface area contributed by atoms with Crippen molar-refractivity contribution < 1.29 is 9.59 Å². The maximum atomic E-state index is 10.2. The first kappa shape index (κ1) is 6.72. The Balaban J connectivity index is 2.93. The summed E-state index contributed by atoms with van der Waals surface area (Å²) in [7, 11) is 0. The summed E-state index contributed by atoms with van der Waals surface area (Å²) in [6, 6.07) is 0. The SMILES string of the molecule is O=C=C1C=CCC(C=O)=C1. The molecule has 0 atom stereocenters. The van der Waals surface area contributed by atoms with E-state index in [-0.39, 0.29) is 0 Å². The van der Waals surface area contributed by atoms with Crippen LogP contribution in [0.4, 0.5) is 0 Å². The van der Waals surface area contributed by atoms with E-state index in [1.807, 2.05) is 0 Å². The van der Waals surface area contributed by atoms with Gasteiger partial charge in [0.2, 0.25) is 0 Å². The summed E-state index contributed by atoms with van der Waals surface area (Å²) < 4.78 is 0. The molecule has 0 saturated heterocycles. The molecule has 0 radical (unpaired) electrons. The lowest BCUT2D eigenvalue weighted by atomic mass is 10.0. The van der Waals surface area contributed by atoms with Crippen molar-refractivity contribution in [3.63, 3.8) is 0 Å². The Morgan fingerprint density at radius 3 is 3.00 bits per heavy atom. The van der Waals surface area contributed by atoms with E-state index in [1.54, 1.807) is 24.2 Å². The van der Waals surface area contributed by atoms with Crippen molar-refractivity contribution in [2.24, 2.45) is 0 Å². The predicted octanol–water partition coefficient (Wildman–Crippen LogP) is 0.830. The van der Waals surface area contributed by atoms with Gasteiger partial charge in [0.15, 0.2) is 0 Å². The maximum Gasteiger partial charge on any atom is 0.146 e. The van der Waals surface area contributed by atoms with E-state index >= 15 is 0 Å². The molecule has 2 nitrogen and oxygen atoms in total. The van der Waals surface area contributed by atoms with Crippen molar-refractivity contribution in [3.05, 3.63) is 29.4 Å². The van der Waals surface area contributed by atoms with Crippen molar-refractivity contribution in [2.45, 2.75) is 6.42 Å². The smallest absolute Gasteiger partial charge is 0.146 e. The molecule has 0 aromatic heterocycles. The second-order valence-corrected chi connectivity index (χ2v) is 2.00. The fourth-order valence-electron chi connectivity index (χ4n) is 0.774. The molecule has 1 aliphatic carbocycles. The molecule has 1 aliphatic rings. The van der Waals surface area contributed by atoms with E-state index in [4.69, 9.17) is 0 Å². The molecule has 0 amide bonds. The zero-order chi connectivity index (χ0) is 7.40. The monoisotopic (exact) mass is 134 g/mol. The molecule has 0 aliphatic heterocycles. The highest BCUT2D eigenvalue weighted by molar-refractivity contribution is 5.78. The Kier molecular flexibility index (Phi) is 1.98. The van der Waals surface area contributed by atoms with Crippen LogP contribution in [0.1, 0.15) is 6.42 Å². The van der Waals surface area contributed by atoms with E-state index in [0.29, 0.717) is 17.6 Å². The van der Waals surface area contributed by atoms with E-state index in [9.17, 15) is 9.59 Å². The van der Waals surface area contributed by atoms with Crippen LogP contribution in [-0.2, 0) is 9.59 Å². The minimum Gasteiger partial charge on any atom is -0.298 e. The lowest BCUT2D eigenvalue weighted by Gasteiger charge is -1.98. The first-order valence-electron chi connectivity index (χ1n) is 2.94. The van der Waals surface area contributed by atoms with Crippen LogP contribution in [0.5, 0.6) is 0 Å². The van der Waals surface area contributed by atoms with Gasteiger partial charge in [-0.2, -0.15) is 0 Å². The minimum absolute atomic E-state index is 0.438. The molecule has 0 saturated carbocycles. The van der Waals surface area contributed by atoms with Crippen LogP contribution < -0.4 is 0 Å². The zero-order valence-corrected chi connectivity index (χ0v) is 5.33. The van der Waals surface area contributed by atoms with E-state index < -0.39 is 0 Å². The van der Waals surface area contributed by atoms with Crippen LogP contribution >= 0.6 is 0 Å². The zero-order valence-electron chi connectivity index (χ0n) is 5.33. The molecule has 0 aromatic carbocycles. The normalized spacial score (nSPS) is 16.0. The summed E-state index contributed by atoms with van der Waals surface area (Å²) in [6.45, 7) is 0. The summed E-state index contributed by atoms with van der Waals surface area (Å²) in [6.07, 6.45) is 6.33. The summed E-state index contributed by atoms with van der Waals surface area (Å²) in [4.78, 5) is 20.2. The largest absolute Gasteiger partial charge is 0.298 e. The molecule has 2 heteroatoms. The Morgan fingerprint density at radius 1 is 1.60 bits per heavy atom. The Bertz CT molecular complexity index is 252. The maximum absolute atomic E-state index is 10.2. The van der Waals surface area contributed by atoms with Gasteiger partial charge in [-0.15, -0.1) is 0 Å². The second kappa shape index (κ2) is 2.95. The van der Waals surface area contributed by atoms with Crippen LogP contribution in [-0.4, -0.2) is 12.2 Å². The molecule has 0 unspecified atom stereocenters. The van der Waals surface area contributed by atoms with Gasteiger partial charge in [-0.3, -0.25) is 4.79 Å². The number of carbonyl (C=O) groups is 1. The van der Waals surface area contributed by atoms with Gasteiger partial charge in [-0.1, -0.05) is 6.08 Å². The van der Waals surface area contributed by atoms with Crippen molar-refractivity contribution in [1.82, 2.24) is 0 Å². The molecule has 10 heavy (non-hydrogen) atoms. The topological polar surface area (TPSA) is 34.1 Å². The quantitative estimate of drug-likeness (QED) is 0.393. The van der Waals surface area contributed by atoms with Crippen molar-refractivity contribution in [2.75, 3.05) is 0 Å². The van der Waals surface area contributed by atoms with Crippen molar-refractivity contribution in [1.29, 1.82) is 0 Å². The molecule has 0 heterocycles. The van der Waals surface area contributed by atoms with Crippen molar-refractivity contribution >= 4 is 12.2 Å². The molecule has 0 fully saturated rings. The highest BCUT2D eigenvalue weighted by atomic mass is 16.1. The number of rotatable bonds is 1. The summed E-state index contributed by atoms with van der Waals surface area (Å²) in [5, 5.41) is 0. The Morgan fingerprint density at radius 2 is 2.40 bits per heavy atom. The molecular formula is C8H6O2. The van der Waals surface area contributed by atoms with Crippen LogP contribution in [0.25, 0.3) is 0 Å². The Hall–Kier alpha value is -1.40. The first-order chi connectivity index (χ1) is 4.86. The first-order valence-corrected chi connectivity index (χ1v) is 2.94. The van der Waals surface area contributed by atoms with Gasteiger partial charge in [-0.25, -0.2) is 4.79 Å². The lowest BCUT2D eigenvalue weighted by Crippen LogP contribution is -1.89. The van der Waals surface area contributed by atoms with E-state index in [2.05, 4.69) is 0 Å². The number of carbonyl (C=O) groups excluding carboxylic acids is 2. The number of allylic oxidation sites excluding steroid dienone is 5. The highest BCUT2D eigenvalue weighted by Crippen LogP contribution is 2.10.